The Bertz CT molecular complexity index is 667. The van der Waals surface area contributed by atoms with Gasteiger partial charge in [-0.15, -0.1) is 11.3 Å². The van der Waals surface area contributed by atoms with Gasteiger partial charge in [0.2, 0.25) is 0 Å². The highest BCUT2D eigenvalue weighted by Gasteiger charge is 2.10. The first kappa shape index (κ1) is 14.3. The van der Waals surface area contributed by atoms with Gasteiger partial charge in [-0.25, -0.2) is 4.98 Å². The van der Waals surface area contributed by atoms with Crippen molar-refractivity contribution < 1.29 is 4.79 Å². The zero-order valence-corrected chi connectivity index (χ0v) is 12.0. The van der Waals surface area contributed by atoms with E-state index >= 15 is 0 Å². The molecular formula is C15H15N3OS. The van der Waals surface area contributed by atoms with Crippen molar-refractivity contribution in [3.8, 4) is 11.8 Å². The molecule has 0 unspecified atom stereocenters. The fraction of sp³-hybridized carbons (Fsp3) is 0.200. The summed E-state index contributed by atoms with van der Waals surface area (Å²) in [6.07, 6.45) is 0. The van der Waals surface area contributed by atoms with E-state index in [0.717, 1.165) is 16.8 Å². The first-order valence-corrected chi connectivity index (χ1v) is 7.05. The van der Waals surface area contributed by atoms with Crippen LogP contribution in [-0.4, -0.2) is 17.4 Å². The van der Waals surface area contributed by atoms with Crippen LogP contribution >= 0.6 is 11.3 Å². The second kappa shape index (κ2) is 6.85. The SMILES string of the molecule is Cc1ncsc1C(=O)NCc1cccc(C#CCN)c1. The third-order valence-corrected chi connectivity index (χ3v) is 3.59. The van der Waals surface area contributed by atoms with Gasteiger partial charge in [0.15, 0.2) is 0 Å². The zero-order valence-electron chi connectivity index (χ0n) is 11.1. The molecule has 1 amide bonds. The number of benzene rings is 1. The number of thiazole rings is 1. The van der Waals surface area contributed by atoms with Crippen LogP contribution in [0.4, 0.5) is 0 Å². The van der Waals surface area contributed by atoms with Gasteiger partial charge in [0, 0.05) is 12.1 Å². The lowest BCUT2D eigenvalue weighted by Crippen LogP contribution is -2.22. The molecule has 1 aromatic carbocycles. The van der Waals surface area contributed by atoms with Crippen LogP contribution in [-0.2, 0) is 6.54 Å². The first-order chi connectivity index (χ1) is 9.70. The number of carbonyl (C=O) groups excluding carboxylic acids is 1. The topological polar surface area (TPSA) is 68.0 Å². The predicted molar refractivity (Wildman–Crippen MR) is 80.4 cm³/mol. The summed E-state index contributed by atoms with van der Waals surface area (Å²) >= 11 is 1.35. The Balaban J connectivity index is 2.01. The molecule has 1 aromatic heterocycles. The quantitative estimate of drug-likeness (QED) is 0.843. The van der Waals surface area contributed by atoms with E-state index < -0.39 is 0 Å². The fourth-order valence-electron chi connectivity index (χ4n) is 1.69. The smallest absolute Gasteiger partial charge is 0.263 e. The Morgan fingerprint density at radius 1 is 1.50 bits per heavy atom. The summed E-state index contributed by atoms with van der Waals surface area (Å²) in [6, 6.07) is 7.73. The molecule has 4 nitrogen and oxygen atoms in total. The molecule has 1 heterocycles. The van der Waals surface area contributed by atoms with Crippen LogP contribution in [0, 0.1) is 18.8 Å². The highest BCUT2D eigenvalue weighted by molar-refractivity contribution is 7.11. The van der Waals surface area contributed by atoms with Crippen molar-refractivity contribution in [3.05, 3.63) is 51.5 Å². The van der Waals surface area contributed by atoms with E-state index in [4.69, 9.17) is 5.73 Å². The maximum Gasteiger partial charge on any atom is 0.263 e. The molecule has 0 bridgehead atoms. The molecule has 0 radical (unpaired) electrons. The van der Waals surface area contributed by atoms with Gasteiger partial charge in [0.05, 0.1) is 17.7 Å². The molecule has 0 aliphatic heterocycles. The summed E-state index contributed by atoms with van der Waals surface area (Å²) in [7, 11) is 0. The molecular weight excluding hydrogens is 270 g/mol. The van der Waals surface area contributed by atoms with Gasteiger partial charge in [-0.05, 0) is 24.6 Å². The van der Waals surface area contributed by atoms with E-state index in [1.54, 1.807) is 5.51 Å². The van der Waals surface area contributed by atoms with Crippen LogP contribution in [0.1, 0.15) is 26.5 Å². The summed E-state index contributed by atoms with van der Waals surface area (Å²) in [4.78, 5) is 16.7. The Hall–Kier alpha value is -2.16. The van der Waals surface area contributed by atoms with Crippen LogP contribution in [0.2, 0.25) is 0 Å². The molecule has 0 spiro atoms. The van der Waals surface area contributed by atoms with Gasteiger partial charge in [0.1, 0.15) is 4.88 Å². The third-order valence-electron chi connectivity index (χ3n) is 2.67. The van der Waals surface area contributed by atoms with Gasteiger partial charge in [-0.2, -0.15) is 0 Å². The van der Waals surface area contributed by atoms with Crippen molar-refractivity contribution in [2.75, 3.05) is 6.54 Å². The van der Waals surface area contributed by atoms with E-state index in [-0.39, 0.29) is 5.91 Å². The van der Waals surface area contributed by atoms with Crippen molar-refractivity contribution in [2.24, 2.45) is 5.73 Å². The number of carbonyl (C=O) groups is 1. The number of nitrogens with zero attached hydrogens (tertiary/aromatic N) is 1. The third kappa shape index (κ3) is 3.67. The van der Waals surface area contributed by atoms with Crippen molar-refractivity contribution in [1.29, 1.82) is 0 Å². The minimum absolute atomic E-state index is 0.0940. The number of rotatable bonds is 3. The number of hydrogen-bond donors (Lipinski definition) is 2. The monoisotopic (exact) mass is 285 g/mol. The Morgan fingerprint density at radius 2 is 2.35 bits per heavy atom. The van der Waals surface area contributed by atoms with Gasteiger partial charge in [-0.3, -0.25) is 4.79 Å². The Morgan fingerprint density at radius 3 is 3.05 bits per heavy atom. The van der Waals surface area contributed by atoms with E-state index in [2.05, 4.69) is 22.1 Å². The van der Waals surface area contributed by atoms with E-state index in [0.29, 0.717) is 18.0 Å². The molecule has 102 valence electrons. The van der Waals surface area contributed by atoms with Crippen molar-refractivity contribution in [1.82, 2.24) is 10.3 Å². The molecule has 0 atom stereocenters. The molecule has 5 heteroatoms. The summed E-state index contributed by atoms with van der Waals surface area (Å²) in [5.74, 6) is 5.69. The van der Waals surface area contributed by atoms with Crippen molar-refractivity contribution >= 4 is 17.2 Å². The maximum absolute atomic E-state index is 12.0. The molecule has 20 heavy (non-hydrogen) atoms. The Labute approximate surface area is 122 Å². The van der Waals surface area contributed by atoms with E-state index in [1.165, 1.54) is 11.3 Å². The number of aryl methyl sites for hydroxylation is 1. The van der Waals surface area contributed by atoms with Crippen LogP contribution in [0.15, 0.2) is 29.8 Å². The van der Waals surface area contributed by atoms with E-state index in [1.807, 2.05) is 31.2 Å². The van der Waals surface area contributed by atoms with Gasteiger partial charge < -0.3 is 11.1 Å². The van der Waals surface area contributed by atoms with Gasteiger partial charge in [-0.1, -0.05) is 24.0 Å². The lowest BCUT2D eigenvalue weighted by molar-refractivity contribution is 0.0954. The average molecular weight is 285 g/mol. The molecule has 0 aliphatic rings. The summed E-state index contributed by atoms with van der Waals surface area (Å²) in [6.45, 7) is 2.63. The zero-order chi connectivity index (χ0) is 14.4. The van der Waals surface area contributed by atoms with Crippen LogP contribution in [0.25, 0.3) is 0 Å². The molecule has 2 aromatic rings. The molecule has 2 rings (SSSR count). The van der Waals surface area contributed by atoms with Crippen LogP contribution < -0.4 is 11.1 Å². The number of hydrogen-bond acceptors (Lipinski definition) is 4. The predicted octanol–water partition coefficient (Wildman–Crippen LogP) is 1.69. The normalized spacial score (nSPS) is 9.70. The molecule has 3 N–H and O–H groups in total. The highest BCUT2D eigenvalue weighted by atomic mass is 32.1. The second-order valence-electron chi connectivity index (χ2n) is 4.16. The fourth-order valence-corrected chi connectivity index (χ4v) is 2.41. The standard InChI is InChI=1S/C15H15N3OS/c1-11-14(20-10-18-11)15(19)17-9-13-5-2-4-12(8-13)6-3-7-16/h2,4-5,8,10H,7,9,16H2,1H3,(H,17,19). The van der Waals surface area contributed by atoms with Crippen molar-refractivity contribution in [2.45, 2.75) is 13.5 Å². The molecule has 0 aliphatic carbocycles. The van der Waals surface area contributed by atoms with Gasteiger partial charge >= 0.3 is 0 Å². The summed E-state index contributed by atoms with van der Waals surface area (Å²) in [5, 5.41) is 2.88. The number of aromatic nitrogens is 1. The summed E-state index contributed by atoms with van der Waals surface area (Å²) in [5.41, 5.74) is 9.68. The lowest BCUT2D eigenvalue weighted by atomic mass is 10.1. The number of nitrogens with one attached hydrogen (secondary N) is 1. The second-order valence-corrected chi connectivity index (χ2v) is 5.01. The highest BCUT2D eigenvalue weighted by Crippen LogP contribution is 2.12. The van der Waals surface area contributed by atoms with Crippen molar-refractivity contribution in [3.63, 3.8) is 0 Å². The summed E-state index contributed by atoms with van der Waals surface area (Å²) < 4.78 is 0. The molecule has 0 saturated heterocycles. The number of nitrogens with two attached hydrogens (primary N) is 1. The van der Waals surface area contributed by atoms with Gasteiger partial charge in [0.25, 0.3) is 5.91 Å². The molecule has 0 saturated carbocycles. The molecule has 0 fully saturated rings. The van der Waals surface area contributed by atoms with Crippen LogP contribution in [0.3, 0.4) is 0 Å². The largest absolute Gasteiger partial charge is 0.347 e. The van der Waals surface area contributed by atoms with Crippen LogP contribution in [0.5, 0.6) is 0 Å². The minimum Gasteiger partial charge on any atom is -0.347 e. The first-order valence-electron chi connectivity index (χ1n) is 6.17. The average Bonchev–Trinajstić information content (AvgIpc) is 2.89. The number of amides is 1. The van der Waals surface area contributed by atoms with E-state index in [9.17, 15) is 4.79 Å². The maximum atomic E-state index is 12.0. The minimum atomic E-state index is -0.0940. The Kier molecular flexibility index (Phi) is 4.88. The lowest BCUT2D eigenvalue weighted by Gasteiger charge is -2.05.